The molecule has 5 heteroatoms. The fourth-order valence-electron chi connectivity index (χ4n) is 4.25. The van der Waals surface area contributed by atoms with E-state index in [0.717, 1.165) is 31.6 Å². The first-order valence-electron chi connectivity index (χ1n) is 12.8. The van der Waals surface area contributed by atoms with Crippen molar-refractivity contribution in [1.82, 2.24) is 0 Å². The highest BCUT2D eigenvalue weighted by Gasteiger charge is 2.32. The number of unbranched alkanes of at least 4 members (excludes halogenated alkanes) is 14. The van der Waals surface area contributed by atoms with E-state index in [-0.39, 0.29) is 19.0 Å². The van der Waals surface area contributed by atoms with Gasteiger partial charge in [-0.25, -0.2) is 4.48 Å². The molecule has 1 aliphatic heterocycles. The van der Waals surface area contributed by atoms with Crippen LogP contribution < -0.4 is 12.4 Å². The molecule has 182 valence electrons. The van der Waals surface area contributed by atoms with Gasteiger partial charge in [0.05, 0.1) is 19.4 Å². The normalized spacial score (nSPS) is 18.0. The van der Waals surface area contributed by atoms with Crippen molar-refractivity contribution in [1.29, 1.82) is 0 Å². The van der Waals surface area contributed by atoms with Crippen LogP contribution in [-0.4, -0.2) is 41.0 Å². The number of allylic oxidation sites excluding steroid dienone is 1. The monoisotopic (exact) mass is 474 g/mol. The SMILES string of the molecule is CCCCCCCCCCCCCCCC=CC1=NC=C[N+]1(CCO)CCCCCl.[Cl-]. The van der Waals surface area contributed by atoms with Gasteiger partial charge in [-0.2, -0.15) is 4.99 Å². The molecule has 0 saturated heterocycles. The Morgan fingerprint density at radius 1 is 0.839 bits per heavy atom. The maximum Gasteiger partial charge on any atom is 0.232 e. The second-order valence-corrected chi connectivity index (χ2v) is 9.20. The number of aliphatic imine (C=N–C) groups is 1. The predicted octanol–water partition coefficient (Wildman–Crippen LogP) is 4.74. The third kappa shape index (κ3) is 14.4. The third-order valence-corrected chi connectivity index (χ3v) is 6.46. The summed E-state index contributed by atoms with van der Waals surface area (Å²) in [4.78, 5) is 4.57. The number of amidine groups is 1. The second kappa shape index (κ2) is 21.5. The van der Waals surface area contributed by atoms with Crippen molar-refractivity contribution >= 4 is 17.4 Å². The van der Waals surface area contributed by atoms with Crippen LogP contribution in [0.1, 0.15) is 110 Å². The minimum absolute atomic E-state index is 0. The summed E-state index contributed by atoms with van der Waals surface area (Å²) in [6.45, 7) is 4.12. The van der Waals surface area contributed by atoms with Gasteiger partial charge in [-0.15, -0.1) is 11.6 Å². The Morgan fingerprint density at radius 3 is 1.97 bits per heavy atom. The summed E-state index contributed by atoms with van der Waals surface area (Å²) < 4.78 is 0.669. The fourth-order valence-corrected chi connectivity index (χ4v) is 4.43. The maximum absolute atomic E-state index is 9.52. The van der Waals surface area contributed by atoms with Crippen molar-refractivity contribution in [3.63, 3.8) is 0 Å². The van der Waals surface area contributed by atoms with Gasteiger partial charge in [-0.05, 0) is 25.7 Å². The molecular formula is C26H48Cl2N2O. The van der Waals surface area contributed by atoms with Crippen LogP contribution in [0.4, 0.5) is 0 Å². The second-order valence-electron chi connectivity index (χ2n) is 8.82. The highest BCUT2D eigenvalue weighted by atomic mass is 35.5. The van der Waals surface area contributed by atoms with Crippen molar-refractivity contribution < 1.29 is 22.0 Å². The van der Waals surface area contributed by atoms with Crippen molar-refractivity contribution in [3.8, 4) is 0 Å². The molecule has 0 aromatic heterocycles. The average Bonchev–Trinajstić information content (AvgIpc) is 3.13. The van der Waals surface area contributed by atoms with Crippen molar-refractivity contribution in [3.05, 3.63) is 24.6 Å². The fraction of sp³-hybridized carbons (Fsp3) is 0.808. The number of hydrogen-bond acceptors (Lipinski definition) is 2. The third-order valence-electron chi connectivity index (χ3n) is 6.20. The first-order chi connectivity index (χ1) is 14.8. The molecule has 0 aliphatic carbocycles. The Kier molecular flexibility index (Phi) is 21.3. The van der Waals surface area contributed by atoms with Crippen LogP contribution in [0.15, 0.2) is 29.5 Å². The van der Waals surface area contributed by atoms with Crippen LogP contribution in [0.25, 0.3) is 0 Å². The molecule has 0 bridgehead atoms. The number of rotatable bonds is 21. The Bertz CT molecular complexity index is 494. The smallest absolute Gasteiger partial charge is 0.232 e. The standard InChI is InChI=1S/C26H48ClN2O.ClH/c1-2-3-4-5-6-7-8-9-10-11-12-13-14-15-16-19-26-28-21-23-29(26,24-25-30)22-18-17-20-27;/h16,19,21,23,30H,2-15,17-18,20,22,24-25H2,1H3;1H/q+1;/p-1. The zero-order valence-corrected chi connectivity index (χ0v) is 21.6. The number of aliphatic hydroxyl groups excluding tert-OH is 1. The van der Waals surface area contributed by atoms with Crippen LogP contribution in [-0.2, 0) is 0 Å². The molecule has 31 heavy (non-hydrogen) atoms. The molecule has 0 amide bonds. The van der Waals surface area contributed by atoms with Crippen molar-refractivity contribution in [2.24, 2.45) is 4.99 Å². The van der Waals surface area contributed by atoms with E-state index in [1.165, 1.54) is 83.5 Å². The lowest BCUT2D eigenvalue weighted by Gasteiger charge is -2.30. The first kappa shape index (κ1) is 30.6. The van der Waals surface area contributed by atoms with E-state index in [1.54, 1.807) is 0 Å². The van der Waals surface area contributed by atoms with E-state index >= 15 is 0 Å². The lowest BCUT2D eigenvalue weighted by Crippen LogP contribution is -3.00. The minimum atomic E-state index is 0. The highest BCUT2D eigenvalue weighted by Crippen LogP contribution is 2.20. The minimum Gasteiger partial charge on any atom is -1.00 e. The molecule has 1 heterocycles. The van der Waals surface area contributed by atoms with Crippen LogP contribution in [0.5, 0.6) is 0 Å². The van der Waals surface area contributed by atoms with Gasteiger partial charge < -0.3 is 17.5 Å². The molecule has 1 aliphatic rings. The van der Waals surface area contributed by atoms with Gasteiger partial charge in [-0.1, -0.05) is 90.0 Å². The zero-order valence-electron chi connectivity index (χ0n) is 20.0. The Morgan fingerprint density at radius 2 is 1.42 bits per heavy atom. The molecule has 0 aromatic rings. The van der Waals surface area contributed by atoms with Crippen molar-refractivity contribution in [2.75, 3.05) is 25.6 Å². The Hall–Kier alpha value is -0.350. The number of aliphatic hydroxyl groups is 1. The van der Waals surface area contributed by atoms with Crippen LogP contribution in [0.3, 0.4) is 0 Å². The summed E-state index contributed by atoms with van der Waals surface area (Å²) >= 11 is 5.83. The van der Waals surface area contributed by atoms with Gasteiger partial charge in [0.2, 0.25) is 5.84 Å². The summed E-state index contributed by atoms with van der Waals surface area (Å²) in [5.74, 6) is 1.76. The first-order valence-corrected chi connectivity index (χ1v) is 13.3. The Labute approximate surface area is 204 Å². The quantitative estimate of drug-likeness (QED) is 0.145. The Balaban J connectivity index is 0.00000900. The summed E-state index contributed by atoms with van der Waals surface area (Å²) in [5, 5.41) is 9.52. The molecule has 1 rings (SSSR count). The van der Waals surface area contributed by atoms with Gasteiger partial charge in [0.15, 0.2) is 0 Å². The summed E-state index contributed by atoms with van der Waals surface area (Å²) in [6.07, 6.45) is 29.8. The number of halogens is 2. The van der Waals surface area contributed by atoms with Crippen LogP contribution in [0.2, 0.25) is 0 Å². The largest absolute Gasteiger partial charge is 1.00 e. The van der Waals surface area contributed by atoms with Gasteiger partial charge in [0.25, 0.3) is 0 Å². The molecule has 0 saturated carbocycles. The van der Waals surface area contributed by atoms with E-state index in [0.29, 0.717) is 16.9 Å². The summed E-state index contributed by atoms with van der Waals surface area (Å²) in [6, 6.07) is 0. The number of hydrogen-bond donors (Lipinski definition) is 1. The molecular weight excluding hydrogens is 427 g/mol. The lowest BCUT2D eigenvalue weighted by atomic mass is 10.0. The molecule has 0 fully saturated rings. The molecule has 1 atom stereocenters. The molecule has 0 radical (unpaired) electrons. The number of quaternary nitrogens is 1. The van der Waals surface area contributed by atoms with Crippen LogP contribution >= 0.6 is 11.6 Å². The number of alkyl halides is 1. The highest BCUT2D eigenvalue weighted by molar-refractivity contribution is 6.17. The molecule has 1 N–H and O–H groups in total. The molecule has 0 aromatic carbocycles. The van der Waals surface area contributed by atoms with Gasteiger partial charge in [-0.3, -0.25) is 0 Å². The van der Waals surface area contributed by atoms with E-state index in [2.05, 4.69) is 30.3 Å². The average molecular weight is 476 g/mol. The molecule has 3 nitrogen and oxygen atoms in total. The topological polar surface area (TPSA) is 32.6 Å². The van der Waals surface area contributed by atoms with E-state index in [1.807, 2.05) is 6.20 Å². The predicted molar refractivity (Wildman–Crippen MR) is 133 cm³/mol. The van der Waals surface area contributed by atoms with Gasteiger partial charge >= 0.3 is 0 Å². The van der Waals surface area contributed by atoms with Crippen molar-refractivity contribution in [2.45, 2.75) is 110 Å². The maximum atomic E-state index is 9.52. The molecule has 0 spiro atoms. The summed E-state index contributed by atoms with van der Waals surface area (Å²) in [7, 11) is 0. The van der Waals surface area contributed by atoms with E-state index in [4.69, 9.17) is 11.6 Å². The summed E-state index contributed by atoms with van der Waals surface area (Å²) in [5.41, 5.74) is 0. The zero-order chi connectivity index (χ0) is 21.8. The van der Waals surface area contributed by atoms with E-state index in [9.17, 15) is 5.11 Å². The molecule has 1 unspecified atom stereocenters. The lowest BCUT2D eigenvalue weighted by molar-refractivity contribution is -0.786. The van der Waals surface area contributed by atoms with Gasteiger partial charge in [0, 0.05) is 12.0 Å². The number of nitrogens with zero attached hydrogens (tertiary/aromatic N) is 2. The van der Waals surface area contributed by atoms with Crippen LogP contribution in [0, 0.1) is 0 Å². The van der Waals surface area contributed by atoms with E-state index < -0.39 is 0 Å². The van der Waals surface area contributed by atoms with Gasteiger partial charge in [0.1, 0.15) is 12.7 Å².